The number of anilines is 1. The highest BCUT2D eigenvalue weighted by Crippen LogP contribution is 2.48. The maximum Gasteiger partial charge on any atom is 0.165 e. The predicted octanol–water partition coefficient (Wildman–Crippen LogP) is 6.54. The average Bonchev–Trinajstić information content (AvgIpc) is 3.56. The van der Waals surface area contributed by atoms with Crippen LogP contribution >= 0.6 is 0 Å². The molecule has 0 aromatic carbocycles. The predicted molar refractivity (Wildman–Crippen MR) is 181 cm³/mol. The number of aromatic nitrogens is 4. The number of pyridine rings is 1. The first kappa shape index (κ1) is 33.2. The van der Waals surface area contributed by atoms with Crippen molar-refractivity contribution >= 4 is 27.6 Å². The first-order valence-electron chi connectivity index (χ1n) is 16.4. The number of nitrogens with zero attached hydrogens (tertiary/aromatic N) is 5. The fourth-order valence-electron chi connectivity index (χ4n) is 6.48. The van der Waals surface area contributed by atoms with E-state index >= 15 is 0 Å². The van der Waals surface area contributed by atoms with Crippen molar-refractivity contribution in [1.29, 1.82) is 0 Å². The third-order valence-electron chi connectivity index (χ3n) is 9.20. The molecule has 44 heavy (non-hydrogen) atoms. The van der Waals surface area contributed by atoms with Crippen molar-refractivity contribution in [3.05, 3.63) is 42.0 Å². The summed E-state index contributed by atoms with van der Waals surface area (Å²) in [6.07, 6.45) is 9.02. The van der Waals surface area contributed by atoms with Gasteiger partial charge in [0.25, 0.3) is 0 Å². The van der Waals surface area contributed by atoms with E-state index in [9.17, 15) is 10.2 Å². The Hall–Kier alpha value is -2.16. The van der Waals surface area contributed by atoms with E-state index in [0.717, 1.165) is 65.4 Å². The molecule has 3 aromatic rings. The molecule has 2 N–H and O–H groups in total. The quantitative estimate of drug-likeness (QED) is 0.110. The summed E-state index contributed by atoms with van der Waals surface area (Å²) in [5, 5.41) is 24.3. The van der Waals surface area contributed by atoms with Crippen molar-refractivity contribution in [2.24, 2.45) is 11.8 Å². The number of aliphatic hydroxyl groups is 2. The molecule has 2 fully saturated rings. The van der Waals surface area contributed by atoms with Crippen LogP contribution in [0.25, 0.3) is 16.8 Å². The molecule has 4 atom stereocenters. The maximum atomic E-state index is 10.0. The molecule has 0 spiro atoms. The smallest absolute Gasteiger partial charge is 0.165 e. The third kappa shape index (κ3) is 8.55. The minimum Gasteiger partial charge on any atom is -0.393 e. The summed E-state index contributed by atoms with van der Waals surface area (Å²) in [5.74, 6) is 2.96. The zero-order valence-electron chi connectivity index (χ0n) is 27.6. The normalized spacial score (nSPS) is 21.2. The summed E-state index contributed by atoms with van der Waals surface area (Å²) < 4.78 is 14.6. The van der Waals surface area contributed by atoms with E-state index < -0.39 is 22.3 Å². The third-order valence-corrected chi connectivity index (χ3v) is 12.6. The number of fused-ring (bicyclic) bond motifs is 3. The van der Waals surface area contributed by atoms with Gasteiger partial charge in [-0.3, -0.25) is 4.98 Å². The highest BCUT2D eigenvalue weighted by Gasteiger charge is 2.36. The van der Waals surface area contributed by atoms with E-state index in [1.54, 1.807) is 12.3 Å². The summed E-state index contributed by atoms with van der Waals surface area (Å²) in [5.41, 5.74) is 4.13. The van der Waals surface area contributed by atoms with Crippen molar-refractivity contribution in [1.82, 2.24) is 19.6 Å². The lowest BCUT2D eigenvalue weighted by molar-refractivity contribution is 0.0923. The molecule has 2 saturated carbocycles. The maximum absolute atomic E-state index is 10.0. The molecule has 0 saturated heterocycles. The lowest BCUT2D eigenvalue weighted by Gasteiger charge is -2.30. The second kappa shape index (κ2) is 14.1. The molecular weight excluding hydrogens is 587 g/mol. The molecule has 2 aliphatic carbocycles. The van der Waals surface area contributed by atoms with Crippen LogP contribution in [0.4, 0.5) is 5.82 Å². The van der Waals surface area contributed by atoms with Gasteiger partial charge in [-0.05, 0) is 49.3 Å². The number of aliphatic hydroxyl groups excluding tert-OH is 2. The average molecular weight is 640 g/mol. The summed E-state index contributed by atoms with van der Waals surface area (Å²) in [7, 11) is -2.45. The Morgan fingerprint density at radius 2 is 1.57 bits per heavy atom. The summed E-state index contributed by atoms with van der Waals surface area (Å²) in [4.78, 5) is 11.9. The van der Waals surface area contributed by atoms with Gasteiger partial charge >= 0.3 is 0 Å². The van der Waals surface area contributed by atoms with E-state index in [2.05, 4.69) is 55.2 Å². The van der Waals surface area contributed by atoms with Crippen LogP contribution in [0.1, 0.15) is 55.5 Å². The van der Waals surface area contributed by atoms with Gasteiger partial charge in [0.05, 0.1) is 18.5 Å². The van der Waals surface area contributed by atoms with Crippen molar-refractivity contribution in [2.45, 2.75) is 95.5 Å². The van der Waals surface area contributed by atoms with Crippen LogP contribution < -0.4 is 4.90 Å². The number of rotatable bonds is 15. The van der Waals surface area contributed by atoms with Gasteiger partial charge in [0, 0.05) is 64.4 Å². The zero-order valence-corrected chi connectivity index (χ0v) is 29.6. The van der Waals surface area contributed by atoms with Crippen LogP contribution in [0.15, 0.2) is 30.6 Å². The van der Waals surface area contributed by atoms with E-state index in [0.29, 0.717) is 25.1 Å². The monoisotopic (exact) mass is 639 g/mol. The Bertz CT molecular complexity index is 1340. The van der Waals surface area contributed by atoms with E-state index in [1.165, 1.54) is 32.1 Å². The zero-order chi connectivity index (χ0) is 31.5. The topological polar surface area (TPSA) is 105 Å². The van der Waals surface area contributed by atoms with Gasteiger partial charge in [0.2, 0.25) is 0 Å². The Morgan fingerprint density at radius 1 is 0.932 bits per heavy atom. The van der Waals surface area contributed by atoms with Crippen molar-refractivity contribution in [2.75, 3.05) is 38.2 Å². The van der Waals surface area contributed by atoms with Gasteiger partial charge in [0.15, 0.2) is 5.65 Å². The minimum absolute atomic E-state index is 0.365. The molecule has 5 rings (SSSR count). The van der Waals surface area contributed by atoms with E-state index in [1.807, 2.05) is 16.8 Å². The summed E-state index contributed by atoms with van der Waals surface area (Å²) >= 11 is 0. The molecular formula is C33H53N5O4Si2. The fourth-order valence-corrected chi connectivity index (χ4v) is 8.00. The summed E-state index contributed by atoms with van der Waals surface area (Å²) in [6, 6.07) is 8.14. The van der Waals surface area contributed by atoms with Gasteiger partial charge in [-0.2, -0.15) is 9.61 Å². The Labute approximate surface area is 265 Å². The number of ether oxygens (including phenoxy) is 2. The van der Waals surface area contributed by atoms with Crippen LogP contribution in [-0.2, 0) is 9.47 Å². The molecule has 0 amide bonds. The van der Waals surface area contributed by atoms with Crippen molar-refractivity contribution in [3.63, 3.8) is 0 Å². The molecule has 1 unspecified atom stereocenters. The largest absolute Gasteiger partial charge is 0.393 e. The Kier molecular flexibility index (Phi) is 10.6. The standard InChI is InChI=1S/C33H53N5O4Si2/c1-43(2,3)13-11-41-22-37(23-42-12-14-44(4,5)6)32-18-30(27-16-24-7-8-25(15-24)17-27)36-33-28(20-35-38(32)33)26-9-10-29(34-19-26)31(40)21-39/h9-10,18-20,24-25,27,31,39-40H,7-8,11-17,21-23H2,1-6H3/t24-,25+,27+,31?. The van der Waals surface area contributed by atoms with Gasteiger partial charge in [0.1, 0.15) is 25.4 Å². The van der Waals surface area contributed by atoms with Crippen LogP contribution in [0, 0.1) is 11.8 Å². The Balaban J connectivity index is 1.51. The van der Waals surface area contributed by atoms with E-state index in [4.69, 9.17) is 19.6 Å². The second-order valence-corrected chi connectivity index (χ2v) is 26.7. The van der Waals surface area contributed by atoms with Gasteiger partial charge < -0.3 is 24.6 Å². The van der Waals surface area contributed by atoms with Gasteiger partial charge in [-0.1, -0.05) is 58.2 Å². The number of hydrogen-bond acceptors (Lipinski definition) is 8. The SMILES string of the molecule is C[Si](C)(C)CCOCN(COCC[Si](C)(C)C)c1cc([C@H]2C[C@@H]3CC[C@@H](C3)C2)nc2c(-c3ccc(C(O)CO)nc3)cnn12. The molecule has 0 aliphatic heterocycles. The highest BCUT2D eigenvalue weighted by molar-refractivity contribution is 6.76. The van der Waals surface area contributed by atoms with Crippen molar-refractivity contribution < 1.29 is 19.7 Å². The molecule has 9 nitrogen and oxygen atoms in total. The molecule has 242 valence electrons. The van der Waals surface area contributed by atoms with Gasteiger partial charge in [-0.25, -0.2) is 4.98 Å². The molecule has 3 aromatic heterocycles. The lowest BCUT2D eigenvalue weighted by atomic mass is 9.79. The van der Waals surface area contributed by atoms with Crippen LogP contribution in [0.2, 0.25) is 51.4 Å². The van der Waals surface area contributed by atoms with Gasteiger partial charge in [-0.15, -0.1) is 0 Å². The van der Waals surface area contributed by atoms with Crippen LogP contribution in [0.3, 0.4) is 0 Å². The number of hydrogen-bond donors (Lipinski definition) is 2. The fraction of sp³-hybridized carbons (Fsp3) is 0.667. The highest BCUT2D eigenvalue weighted by atomic mass is 28.3. The first-order valence-corrected chi connectivity index (χ1v) is 23.9. The molecule has 2 aliphatic rings. The molecule has 3 heterocycles. The second-order valence-electron chi connectivity index (χ2n) is 15.5. The van der Waals surface area contributed by atoms with Crippen LogP contribution in [0.5, 0.6) is 0 Å². The first-order chi connectivity index (χ1) is 20.9. The molecule has 2 bridgehead atoms. The van der Waals surface area contributed by atoms with Crippen LogP contribution in [-0.4, -0.2) is 79.2 Å². The van der Waals surface area contributed by atoms with Crippen molar-refractivity contribution in [3.8, 4) is 11.1 Å². The minimum atomic E-state index is -1.22. The molecule has 0 radical (unpaired) electrons. The Morgan fingerprint density at radius 3 is 2.11 bits per heavy atom. The van der Waals surface area contributed by atoms with E-state index in [-0.39, 0.29) is 6.61 Å². The lowest BCUT2D eigenvalue weighted by Crippen LogP contribution is -2.33. The molecule has 11 heteroatoms. The summed E-state index contributed by atoms with van der Waals surface area (Å²) in [6.45, 7) is 16.2.